The average Bonchev–Trinajstić information content (AvgIpc) is 2.25. The molecule has 0 amide bonds. The van der Waals surface area contributed by atoms with Crippen molar-refractivity contribution in [2.75, 3.05) is 19.7 Å². The molecule has 0 saturated carbocycles. The zero-order chi connectivity index (χ0) is 12.2. The van der Waals surface area contributed by atoms with E-state index in [1.165, 1.54) is 0 Å². The van der Waals surface area contributed by atoms with E-state index in [9.17, 15) is 4.79 Å². The van der Waals surface area contributed by atoms with Gasteiger partial charge in [-0.1, -0.05) is 12.7 Å². The molecule has 3 nitrogen and oxygen atoms in total. The highest BCUT2D eigenvalue weighted by Crippen LogP contribution is 2.24. The van der Waals surface area contributed by atoms with Gasteiger partial charge in [-0.2, -0.15) is 0 Å². The van der Waals surface area contributed by atoms with Gasteiger partial charge in [-0.25, -0.2) is 0 Å². The largest absolute Gasteiger partial charge is 0.461 e. The van der Waals surface area contributed by atoms with E-state index in [0.717, 1.165) is 25.9 Å². The van der Waals surface area contributed by atoms with E-state index in [1.807, 2.05) is 0 Å². The highest BCUT2D eigenvalue weighted by molar-refractivity contribution is 5.72. The zero-order valence-electron chi connectivity index (χ0n) is 10.7. The molecule has 0 aromatic rings. The summed E-state index contributed by atoms with van der Waals surface area (Å²) in [6, 6.07) is 0. The molecule has 0 N–H and O–H groups in total. The number of hydrogen-bond acceptors (Lipinski definition) is 3. The summed E-state index contributed by atoms with van der Waals surface area (Å²) in [5.41, 5.74) is 0.136. The summed E-state index contributed by atoms with van der Waals surface area (Å²) < 4.78 is 5.11. The third-order valence-corrected chi connectivity index (χ3v) is 3.05. The lowest BCUT2D eigenvalue weighted by atomic mass is 9.93. The first-order valence-electron chi connectivity index (χ1n) is 5.97. The summed E-state index contributed by atoms with van der Waals surface area (Å²) in [5.74, 6) is -0.0400. The van der Waals surface area contributed by atoms with Gasteiger partial charge in [0, 0.05) is 12.1 Å². The number of carbonyl (C=O) groups excluding carboxylic acids is 1. The lowest BCUT2D eigenvalue weighted by molar-refractivity contribution is -0.149. The third kappa shape index (κ3) is 3.63. The van der Waals surface area contributed by atoms with Gasteiger partial charge in [-0.05, 0) is 40.2 Å². The monoisotopic (exact) mass is 225 g/mol. The highest BCUT2D eigenvalue weighted by atomic mass is 16.5. The van der Waals surface area contributed by atoms with Crippen LogP contribution in [-0.4, -0.2) is 36.1 Å². The molecule has 1 saturated heterocycles. The standard InChI is InChI=1S/C13H23NO2/c1-5-9-16-12(15)11-7-6-8-14(10-11)13(2,3)4/h5,11H,1,6-10H2,2-4H3. The number of hydrogen-bond donors (Lipinski definition) is 0. The number of nitrogens with zero attached hydrogens (tertiary/aromatic N) is 1. The van der Waals surface area contributed by atoms with Gasteiger partial charge in [-0.15, -0.1) is 0 Å². The van der Waals surface area contributed by atoms with Crippen LogP contribution >= 0.6 is 0 Å². The Hall–Kier alpha value is -0.830. The van der Waals surface area contributed by atoms with Crippen LogP contribution in [0.2, 0.25) is 0 Å². The topological polar surface area (TPSA) is 29.5 Å². The van der Waals surface area contributed by atoms with Crippen molar-refractivity contribution in [1.29, 1.82) is 0 Å². The van der Waals surface area contributed by atoms with Gasteiger partial charge >= 0.3 is 5.97 Å². The van der Waals surface area contributed by atoms with Crippen molar-refractivity contribution in [2.45, 2.75) is 39.2 Å². The first kappa shape index (κ1) is 13.2. The van der Waals surface area contributed by atoms with Gasteiger partial charge in [0.15, 0.2) is 0 Å². The van der Waals surface area contributed by atoms with Gasteiger partial charge in [0.1, 0.15) is 6.61 Å². The Morgan fingerprint density at radius 3 is 2.81 bits per heavy atom. The number of rotatable bonds is 3. The molecule has 1 rings (SSSR count). The molecule has 3 heteroatoms. The lowest BCUT2D eigenvalue weighted by Gasteiger charge is -2.40. The number of piperidine rings is 1. The van der Waals surface area contributed by atoms with Gasteiger partial charge in [0.25, 0.3) is 0 Å². The molecule has 0 bridgehead atoms. The van der Waals surface area contributed by atoms with Gasteiger partial charge in [0.2, 0.25) is 0 Å². The maximum atomic E-state index is 11.7. The van der Waals surface area contributed by atoms with Crippen LogP contribution < -0.4 is 0 Å². The van der Waals surface area contributed by atoms with Crippen LogP contribution in [0.25, 0.3) is 0 Å². The Balaban J connectivity index is 2.50. The van der Waals surface area contributed by atoms with Crippen molar-refractivity contribution in [1.82, 2.24) is 4.90 Å². The van der Waals surface area contributed by atoms with E-state index in [2.05, 4.69) is 32.3 Å². The predicted octanol–water partition coefficient (Wildman–Crippen LogP) is 2.23. The van der Waals surface area contributed by atoms with Crippen molar-refractivity contribution in [3.63, 3.8) is 0 Å². The predicted molar refractivity (Wildman–Crippen MR) is 65.2 cm³/mol. The van der Waals surface area contributed by atoms with Crippen LogP contribution in [-0.2, 0) is 9.53 Å². The Labute approximate surface area is 98.5 Å². The Bertz CT molecular complexity index is 255. The summed E-state index contributed by atoms with van der Waals surface area (Å²) >= 11 is 0. The van der Waals surface area contributed by atoms with Crippen LogP contribution in [0.5, 0.6) is 0 Å². The number of carbonyl (C=O) groups is 1. The Morgan fingerprint density at radius 2 is 2.25 bits per heavy atom. The molecular formula is C13H23NO2. The summed E-state index contributed by atoms with van der Waals surface area (Å²) in [6.07, 6.45) is 3.63. The summed E-state index contributed by atoms with van der Waals surface area (Å²) in [6.45, 7) is 12.3. The molecule has 1 unspecified atom stereocenters. The molecule has 0 radical (unpaired) electrons. The maximum absolute atomic E-state index is 11.7. The number of ether oxygens (including phenoxy) is 1. The van der Waals surface area contributed by atoms with Crippen LogP contribution in [0.1, 0.15) is 33.6 Å². The molecule has 0 spiro atoms. The summed E-state index contributed by atoms with van der Waals surface area (Å²) in [4.78, 5) is 14.1. The third-order valence-electron chi connectivity index (χ3n) is 3.05. The van der Waals surface area contributed by atoms with E-state index in [0.29, 0.717) is 6.61 Å². The zero-order valence-corrected chi connectivity index (χ0v) is 10.7. The first-order valence-corrected chi connectivity index (χ1v) is 5.97. The van der Waals surface area contributed by atoms with Crippen LogP contribution in [0.15, 0.2) is 12.7 Å². The summed E-state index contributed by atoms with van der Waals surface area (Å²) in [7, 11) is 0. The van der Waals surface area contributed by atoms with Crippen LogP contribution in [0.4, 0.5) is 0 Å². The smallest absolute Gasteiger partial charge is 0.310 e. The van der Waals surface area contributed by atoms with Gasteiger partial charge in [-0.3, -0.25) is 9.69 Å². The van der Waals surface area contributed by atoms with E-state index >= 15 is 0 Å². The minimum Gasteiger partial charge on any atom is -0.461 e. The Kier molecular flexibility index (Phi) is 4.54. The average molecular weight is 225 g/mol. The second kappa shape index (κ2) is 5.48. The van der Waals surface area contributed by atoms with Crippen molar-refractivity contribution in [3.05, 3.63) is 12.7 Å². The van der Waals surface area contributed by atoms with E-state index in [1.54, 1.807) is 6.08 Å². The highest BCUT2D eigenvalue weighted by Gasteiger charge is 2.31. The SMILES string of the molecule is C=CCOC(=O)C1CCCN(C(C)(C)C)C1. The molecule has 1 heterocycles. The van der Waals surface area contributed by atoms with Gasteiger partial charge in [0.05, 0.1) is 5.92 Å². The molecule has 1 aliphatic rings. The molecule has 0 aliphatic carbocycles. The maximum Gasteiger partial charge on any atom is 0.310 e. The lowest BCUT2D eigenvalue weighted by Crippen LogP contribution is -2.49. The van der Waals surface area contributed by atoms with Gasteiger partial charge < -0.3 is 4.74 Å². The molecule has 16 heavy (non-hydrogen) atoms. The molecule has 0 aromatic heterocycles. The minimum atomic E-state index is -0.0751. The first-order chi connectivity index (χ1) is 7.45. The molecule has 92 valence electrons. The van der Waals surface area contributed by atoms with Crippen molar-refractivity contribution in [3.8, 4) is 0 Å². The second-order valence-electron chi connectivity index (χ2n) is 5.37. The Morgan fingerprint density at radius 1 is 1.56 bits per heavy atom. The van der Waals surface area contributed by atoms with Crippen LogP contribution in [0.3, 0.4) is 0 Å². The number of esters is 1. The fraction of sp³-hybridized carbons (Fsp3) is 0.769. The van der Waals surface area contributed by atoms with Crippen molar-refractivity contribution >= 4 is 5.97 Å². The fourth-order valence-corrected chi connectivity index (χ4v) is 2.04. The molecule has 1 aliphatic heterocycles. The van der Waals surface area contributed by atoms with E-state index in [4.69, 9.17) is 4.74 Å². The van der Waals surface area contributed by atoms with E-state index in [-0.39, 0.29) is 17.4 Å². The number of likely N-dealkylation sites (tertiary alicyclic amines) is 1. The second-order valence-corrected chi connectivity index (χ2v) is 5.37. The van der Waals surface area contributed by atoms with Crippen LogP contribution in [0, 0.1) is 5.92 Å². The molecule has 1 atom stereocenters. The van der Waals surface area contributed by atoms with Crippen molar-refractivity contribution in [2.24, 2.45) is 5.92 Å². The molecule has 1 fully saturated rings. The quantitative estimate of drug-likeness (QED) is 0.545. The normalized spacial score (nSPS) is 22.8. The summed E-state index contributed by atoms with van der Waals surface area (Å²) in [5, 5.41) is 0. The molecule has 0 aromatic carbocycles. The van der Waals surface area contributed by atoms with E-state index < -0.39 is 0 Å². The molecular weight excluding hydrogens is 202 g/mol. The fourth-order valence-electron chi connectivity index (χ4n) is 2.04. The minimum absolute atomic E-state index is 0.0351. The van der Waals surface area contributed by atoms with Crippen molar-refractivity contribution < 1.29 is 9.53 Å².